The van der Waals surface area contributed by atoms with Crippen molar-refractivity contribution in [3.8, 4) is 0 Å². The van der Waals surface area contributed by atoms with Crippen molar-refractivity contribution in [2.75, 3.05) is 6.54 Å². The van der Waals surface area contributed by atoms with Crippen LogP contribution in [0.5, 0.6) is 0 Å². The molecule has 140 valence electrons. The zero-order chi connectivity index (χ0) is 18.4. The first-order chi connectivity index (χ1) is 13.2. The number of aromatic nitrogens is 1. The van der Waals surface area contributed by atoms with Gasteiger partial charge >= 0.3 is 0 Å². The third-order valence-corrected chi connectivity index (χ3v) is 6.52. The molecule has 0 spiro atoms. The molecule has 2 aliphatic carbocycles. The molecule has 1 fully saturated rings. The number of rotatable bonds is 5. The lowest BCUT2D eigenvalue weighted by Gasteiger charge is -2.37. The van der Waals surface area contributed by atoms with Gasteiger partial charge in [-0.25, -0.2) is 0 Å². The number of fused-ring (bicyclic) bond motifs is 3. The Hall–Kier alpha value is -2.10. The summed E-state index contributed by atoms with van der Waals surface area (Å²) >= 11 is 0. The van der Waals surface area contributed by atoms with Crippen LogP contribution in [0.2, 0.25) is 0 Å². The van der Waals surface area contributed by atoms with Gasteiger partial charge in [-0.05, 0) is 56.3 Å². The Labute approximate surface area is 161 Å². The molecular weight excluding hydrogens is 330 g/mol. The van der Waals surface area contributed by atoms with E-state index in [0.717, 1.165) is 25.4 Å². The number of aryl methyl sites for hydroxylation is 1. The minimum atomic E-state index is 0.153. The maximum Gasteiger partial charge on any atom is 0.0459 e. The minimum absolute atomic E-state index is 0.153. The van der Waals surface area contributed by atoms with Crippen LogP contribution in [-0.4, -0.2) is 23.6 Å². The van der Waals surface area contributed by atoms with Crippen molar-refractivity contribution in [1.82, 2.24) is 10.3 Å². The summed E-state index contributed by atoms with van der Waals surface area (Å²) in [5.41, 5.74) is 13.7. The van der Waals surface area contributed by atoms with E-state index in [1.807, 2.05) is 0 Å². The smallest absolute Gasteiger partial charge is 0.0459 e. The Kier molecular flexibility index (Phi) is 4.30. The minimum Gasteiger partial charge on any atom is -0.358 e. The number of hydrogen-bond acceptors (Lipinski definition) is 2. The molecule has 0 radical (unpaired) electrons. The molecule has 0 unspecified atom stereocenters. The van der Waals surface area contributed by atoms with E-state index in [0.29, 0.717) is 11.8 Å². The Morgan fingerprint density at radius 3 is 2.63 bits per heavy atom. The van der Waals surface area contributed by atoms with Crippen molar-refractivity contribution in [2.24, 2.45) is 5.73 Å². The van der Waals surface area contributed by atoms with Crippen LogP contribution in [0, 0.1) is 6.92 Å². The van der Waals surface area contributed by atoms with E-state index in [9.17, 15) is 0 Å². The van der Waals surface area contributed by atoms with Crippen LogP contribution < -0.4 is 11.1 Å². The Balaban J connectivity index is 1.52. The standard InChI is InChI=1S/C24H29N3/c1-15-6-8-16(9-7-15)20-14-22-23(18-4-2-3-5-21(18)27-22)19(24(20)25)12-13-26-17-10-11-17/h2-9,17,19-20,24,26-27H,10-14,25H2,1H3/t19-,20-,24+/m1/s1. The molecule has 3 aromatic rings. The zero-order valence-electron chi connectivity index (χ0n) is 16.0. The first-order valence-corrected chi connectivity index (χ1v) is 10.4. The summed E-state index contributed by atoms with van der Waals surface area (Å²) in [5, 5.41) is 5.05. The van der Waals surface area contributed by atoms with Gasteiger partial charge in [0, 0.05) is 40.5 Å². The number of benzene rings is 2. The van der Waals surface area contributed by atoms with Gasteiger partial charge in [-0.2, -0.15) is 0 Å². The van der Waals surface area contributed by atoms with E-state index in [1.54, 1.807) is 0 Å². The fourth-order valence-electron chi connectivity index (χ4n) is 4.85. The third kappa shape index (κ3) is 3.19. The molecule has 3 heteroatoms. The number of hydrogen-bond donors (Lipinski definition) is 3. The zero-order valence-corrected chi connectivity index (χ0v) is 16.0. The van der Waals surface area contributed by atoms with Gasteiger partial charge in [0.25, 0.3) is 0 Å². The lowest BCUT2D eigenvalue weighted by Crippen LogP contribution is -2.41. The molecule has 1 saturated carbocycles. The molecule has 27 heavy (non-hydrogen) atoms. The van der Waals surface area contributed by atoms with Crippen LogP contribution in [-0.2, 0) is 6.42 Å². The second-order valence-electron chi connectivity index (χ2n) is 8.49. The maximum absolute atomic E-state index is 6.95. The lowest BCUT2D eigenvalue weighted by atomic mass is 9.71. The number of H-pyrrole nitrogens is 1. The lowest BCUT2D eigenvalue weighted by molar-refractivity contribution is 0.392. The largest absolute Gasteiger partial charge is 0.358 e. The Morgan fingerprint density at radius 1 is 1.07 bits per heavy atom. The normalized spacial score (nSPS) is 24.9. The van der Waals surface area contributed by atoms with Crippen molar-refractivity contribution in [1.29, 1.82) is 0 Å². The van der Waals surface area contributed by atoms with Gasteiger partial charge in [0.1, 0.15) is 0 Å². The molecular formula is C24H29N3. The molecule has 3 nitrogen and oxygen atoms in total. The summed E-state index contributed by atoms with van der Waals surface area (Å²) < 4.78 is 0. The van der Waals surface area contributed by atoms with E-state index in [-0.39, 0.29) is 6.04 Å². The summed E-state index contributed by atoms with van der Waals surface area (Å²) in [6, 6.07) is 18.6. The van der Waals surface area contributed by atoms with Crippen LogP contribution >= 0.6 is 0 Å². The summed E-state index contributed by atoms with van der Waals surface area (Å²) in [6.07, 6.45) is 4.78. The summed E-state index contributed by atoms with van der Waals surface area (Å²) in [6.45, 7) is 3.20. The van der Waals surface area contributed by atoms with Gasteiger partial charge < -0.3 is 16.0 Å². The Morgan fingerprint density at radius 2 is 1.85 bits per heavy atom. The number of para-hydroxylation sites is 1. The van der Waals surface area contributed by atoms with Crippen LogP contribution in [0.4, 0.5) is 0 Å². The molecule has 0 bridgehead atoms. The van der Waals surface area contributed by atoms with Crippen molar-refractivity contribution in [2.45, 2.75) is 56.5 Å². The van der Waals surface area contributed by atoms with E-state index in [1.165, 1.54) is 46.1 Å². The van der Waals surface area contributed by atoms with Crippen LogP contribution in [0.3, 0.4) is 0 Å². The van der Waals surface area contributed by atoms with Gasteiger partial charge in [0.2, 0.25) is 0 Å². The van der Waals surface area contributed by atoms with Crippen molar-refractivity contribution < 1.29 is 0 Å². The van der Waals surface area contributed by atoms with Gasteiger partial charge in [-0.1, -0.05) is 48.0 Å². The van der Waals surface area contributed by atoms with Crippen LogP contribution in [0.25, 0.3) is 10.9 Å². The quantitative estimate of drug-likeness (QED) is 0.634. The molecule has 0 aliphatic heterocycles. The average molecular weight is 360 g/mol. The SMILES string of the molecule is Cc1ccc([C@H]2Cc3[nH]c4ccccc4c3[C@@H](CCNC3CC3)[C@@H]2N)cc1. The highest BCUT2D eigenvalue weighted by Crippen LogP contribution is 2.44. The predicted molar refractivity (Wildman–Crippen MR) is 112 cm³/mol. The molecule has 5 rings (SSSR count). The van der Waals surface area contributed by atoms with Gasteiger partial charge in [-0.15, -0.1) is 0 Å². The molecule has 0 saturated heterocycles. The summed E-state index contributed by atoms with van der Waals surface area (Å²) in [7, 11) is 0. The summed E-state index contributed by atoms with van der Waals surface area (Å²) in [4.78, 5) is 3.71. The fraction of sp³-hybridized carbons (Fsp3) is 0.417. The second kappa shape index (κ2) is 6.81. The van der Waals surface area contributed by atoms with E-state index < -0.39 is 0 Å². The van der Waals surface area contributed by atoms with Crippen molar-refractivity contribution >= 4 is 10.9 Å². The molecule has 3 atom stereocenters. The second-order valence-corrected chi connectivity index (χ2v) is 8.49. The van der Waals surface area contributed by atoms with E-state index in [4.69, 9.17) is 5.73 Å². The highest BCUT2D eigenvalue weighted by Gasteiger charge is 2.37. The average Bonchev–Trinajstić information content (AvgIpc) is 3.43. The monoisotopic (exact) mass is 359 g/mol. The summed E-state index contributed by atoms with van der Waals surface area (Å²) in [5.74, 6) is 0.763. The highest BCUT2D eigenvalue weighted by molar-refractivity contribution is 5.85. The number of aromatic amines is 1. The first kappa shape index (κ1) is 17.0. The highest BCUT2D eigenvalue weighted by atomic mass is 14.9. The molecule has 0 amide bonds. The van der Waals surface area contributed by atoms with Crippen molar-refractivity contribution in [3.63, 3.8) is 0 Å². The van der Waals surface area contributed by atoms with Gasteiger partial charge in [0.15, 0.2) is 0 Å². The maximum atomic E-state index is 6.95. The molecule has 4 N–H and O–H groups in total. The topological polar surface area (TPSA) is 53.8 Å². The fourth-order valence-corrected chi connectivity index (χ4v) is 4.85. The van der Waals surface area contributed by atoms with Crippen molar-refractivity contribution in [3.05, 3.63) is 70.9 Å². The number of nitrogens with one attached hydrogen (secondary N) is 2. The molecule has 2 aliphatic rings. The third-order valence-electron chi connectivity index (χ3n) is 6.52. The molecule has 1 heterocycles. The van der Waals surface area contributed by atoms with E-state index >= 15 is 0 Å². The Bertz CT molecular complexity index is 936. The van der Waals surface area contributed by atoms with Gasteiger partial charge in [0.05, 0.1) is 0 Å². The van der Waals surface area contributed by atoms with Crippen LogP contribution in [0.1, 0.15) is 53.5 Å². The van der Waals surface area contributed by atoms with E-state index in [2.05, 4.69) is 65.8 Å². The predicted octanol–water partition coefficient (Wildman–Crippen LogP) is 4.37. The first-order valence-electron chi connectivity index (χ1n) is 10.4. The van der Waals surface area contributed by atoms with Gasteiger partial charge in [-0.3, -0.25) is 0 Å². The number of nitrogens with two attached hydrogens (primary N) is 1. The molecule has 2 aromatic carbocycles. The molecule has 1 aromatic heterocycles. The van der Waals surface area contributed by atoms with Crippen LogP contribution in [0.15, 0.2) is 48.5 Å².